The number of hydrogen-bond donors (Lipinski definition) is 3. The number of nitrogens with two attached hydrogens (primary N) is 1. The Bertz CT molecular complexity index is 824. The van der Waals surface area contributed by atoms with Crippen molar-refractivity contribution in [3.05, 3.63) is 23.2 Å². The van der Waals surface area contributed by atoms with E-state index in [-0.39, 0.29) is 33.2 Å². The lowest BCUT2D eigenvalue weighted by molar-refractivity contribution is -0.913. The number of carboxylic acid groups (broad SMARTS) is 1. The van der Waals surface area contributed by atoms with Crippen LogP contribution in [0.2, 0.25) is 5.02 Å². The zero-order valence-electron chi connectivity index (χ0n) is 15.9. The molecular weight excluding hydrogens is 394 g/mol. The van der Waals surface area contributed by atoms with Gasteiger partial charge >= 0.3 is 6.09 Å². The molecule has 0 saturated carbocycles. The number of quaternary nitrogens is 1. The van der Waals surface area contributed by atoms with Gasteiger partial charge in [-0.25, -0.2) is 17.6 Å². The number of hydrogen-bond acceptors (Lipinski definition) is 5. The summed E-state index contributed by atoms with van der Waals surface area (Å²) in [5, 5.41) is 10.2. The van der Waals surface area contributed by atoms with Crippen LogP contribution in [0.4, 0.5) is 4.79 Å². The van der Waals surface area contributed by atoms with Crippen molar-refractivity contribution in [1.29, 1.82) is 0 Å². The van der Waals surface area contributed by atoms with E-state index in [0.29, 0.717) is 6.42 Å². The first kappa shape index (κ1) is 21.9. The van der Waals surface area contributed by atoms with Gasteiger partial charge in [0.1, 0.15) is 28.8 Å². The third-order valence-corrected chi connectivity index (χ3v) is 7.01. The van der Waals surface area contributed by atoms with E-state index in [0.717, 1.165) is 0 Å². The van der Waals surface area contributed by atoms with Crippen molar-refractivity contribution in [1.82, 2.24) is 4.72 Å². The molecule has 10 heteroatoms. The molecule has 0 bridgehead atoms. The number of nitrogens with one attached hydrogen (secondary N) is 1. The van der Waals surface area contributed by atoms with E-state index in [4.69, 9.17) is 22.1 Å². The van der Waals surface area contributed by atoms with Crippen LogP contribution in [0.3, 0.4) is 0 Å². The summed E-state index contributed by atoms with van der Waals surface area (Å²) in [6.07, 6.45) is -0.692. The van der Waals surface area contributed by atoms with E-state index in [9.17, 15) is 18.3 Å². The van der Waals surface area contributed by atoms with Gasteiger partial charge in [-0.15, -0.1) is 0 Å². The molecule has 1 aliphatic heterocycles. The van der Waals surface area contributed by atoms with Crippen LogP contribution in [0.5, 0.6) is 5.75 Å². The second-order valence-electron chi connectivity index (χ2n) is 7.74. The fraction of sp³-hybridized carbons (Fsp3) is 0.588. The summed E-state index contributed by atoms with van der Waals surface area (Å²) in [4.78, 5) is 12.1. The molecule has 0 spiro atoms. The normalized spacial score (nSPS) is 26.1. The lowest BCUT2D eigenvalue weighted by atomic mass is 10.00. The van der Waals surface area contributed by atoms with E-state index in [1.165, 1.54) is 25.3 Å². The van der Waals surface area contributed by atoms with Gasteiger partial charge in [-0.2, -0.15) is 4.79 Å². The summed E-state index contributed by atoms with van der Waals surface area (Å²) in [6, 6.07) is 3.33. The lowest BCUT2D eigenvalue weighted by Crippen LogP contribution is -2.67. The molecule has 1 aliphatic rings. The predicted octanol–water partition coefficient (Wildman–Crippen LogP) is 2.02. The number of carbonyl (C=O) groups is 1. The molecule has 4 N–H and O–H groups in total. The monoisotopic (exact) mass is 420 g/mol. The largest absolute Gasteiger partial charge is 0.514 e. The van der Waals surface area contributed by atoms with Crippen molar-refractivity contribution < 1.29 is 27.5 Å². The van der Waals surface area contributed by atoms with Crippen molar-refractivity contribution in [3.63, 3.8) is 0 Å². The summed E-state index contributed by atoms with van der Waals surface area (Å²) in [6.45, 7) is 5.70. The van der Waals surface area contributed by atoms with Crippen LogP contribution in [0, 0.1) is 0 Å². The maximum atomic E-state index is 12.9. The first-order chi connectivity index (χ1) is 12.4. The standard InChI is InChI=1S/C17H26ClN3O5S/c1-17(2,3)21(16(22)23)10-12(8-13(21)9-19)20-27(24,25)15-7-11(18)5-6-14(15)26-4/h5-7,12-13,20H,8-10,19H2,1-4H3/p+1/t12-,13-,21?/m1/s1. The third kappa shape index (κ3) is 3.93. The van der Waals surface area contributed by atoms with Gasteiger partial charge in [-0.1, -0.05) is 11.6 Å². The number of amides is 1. The molecule has 3 atom stereocenters. The highest BCUT2D eigenvalue weighted by Crippen LogP contribution is 2.37. The Morgan fingerprint density at radius 3 is 2.52 bits per heavy atom. The summed E-state index contributed by atoms with van der Waals surface area (Å²) in [7, 11) is -2.60. The highest BCUT2D eigenvalue weighted by atomic mass is 35.5. The molecule has 0 aliphatic carbocycles. The van der Waals surface area contributed by atoms with E-state index in [1.807, 2.05) is 20.8 Å². The molecule has 1 fully saturated rings. The van der Waals surface area contributed by atoms with Gasteiger partial charge < -0.3 is 15.6 Å². The maximum Gasteiger partial charge on any atom is 0.514 e. The second-order valence-corrected chi connectivity index (χ2v) is 9.86. The molecule has 27 heavy (non-hydrogen) atoms. The number of sulfonamides is 1. The van der Waals surface area contributed by atoms with Crippen LogP contribution in [0.15, 0.2) is 23.1 Å². The summed E-state index contributed by atoms with van der Waals surface area (Å²) >= 11 is 5.94. The molecule has 1 aromatic rings. The van der Waals surface area contributed by atoms with Gasteiger partial charge in [0.2, 0.25) is 10.0 Å². The molecule has 0 aromatic heterocycles. The van der Waals surface area contributed by atoms with Gasteiger partial charge in [0, 0.05) is 18.0 Å². The number of halogens is 1. The van der Waals surface area contributed by atoms with Gasteiger partial charge in [-0.3, -0.25) is 0 Å². The van der Waals surface area contributed by atoms with Crippen molar-refractivity contribution in [2.45, 2.75) is 49.7 Å². The Labute approximate surface area is 164 Å². The Morgan fingerprint density at radius 1 is 1.44 bits per heavy atom. The molecule has 1 amide bonds. The van der Waals surface area contributed by atoms with Crippen LogP contribution in [0.1, 0.15) is 27.2 Å². The molecule has 8 nitrogen and oxygen atoms in total. The van der Waals surface area contributed by atoms with Gasteiger partial charge in [0.05, 0.1) is 13.2 Å². The highest BCUT2D eigenvalue weighted by Gasteiger charge is 2.59. The zero-order valence-corrected chi connectivity index (χ0v) is 17.5. The molecular formula is C17H27ClN3O5S+. The first-order valence-corrected chi connectivity index (χ1v) is 10.4. The van der Waals surface area contributed by atoms with E-state index in [1.54, 1.807) is 0 Å². The minimum absolute atomic E-state index is 0.0853. The van der Waals surface area contributed by atoms with Crippen molar-refractivity contribution in [2.24, 2.45) is 5.73 Å². The smallest absolute Gasteiger partial charge is 0.495 e. The Kier molecular flexibility index (Phi) is 6.13. The molecule has 1 heterocycles. The highest BCUT2D eigenvalue weighted by molar-refractivity contribution is 7.89. The molecule has 2 rings (SSSR count). The molecule has 152 valence electrons. The second kappa shape index (κ2) is 7.56. The number of rotatable bonds is 5. The zero-order chi connectivity index (χ0) is 20.6. The third-order valence-electron chi connectivity index (χ3n) is 5.24. The molecule has 1 saturated heterocycles. The number of nitrogens with zero attached hydrogens (tertiary/aromatic N) is 1. The summed E-state index contributed by atoms with van der Waals surface area (Å²) < 4.78 is 33.3. The van der Waals surface area contributed by atoms with Gasteiger partial charge in [0.25, 0.3) is 0 Å². The number of likely N-dealkylation sites (tertiary alicyclic amines) is 1. The molecule has 0 radical (unpaired) electrons. The quantitative estimate of drug-likeness (QED) is 0.627. The predicted molar refractivity (Wildman–Crippen MR) is 102 cm³/mol. The lowest BCUT2D eigenvalue weighted by Gasteiger charge is -2.44. The Balaban J connectivity index is 2.39. The van der Waals surface area contributed by atoms with Crippen LogP contribution < -0.4 is 15.2 Å². The van der Waals surface area contributed by atoms with Crippen molar-refractivity contribution in [2.75, 3.05) is 20.2 Å². The average molecular weight is 421 g/mol. The SMILES string of the molecule is COc1ccc(Cl)cc1S(=O)(=O)N[C@@H]1C[C@H](CN)[N+](C(=O)O)(C(C)(C)C)C1. The van der Waals surface area contributed by atoms with E-state index in [2.05, 4.69) is 4.72 Å². The van der Waals surface area contributed by atoms with Crippen LogP contribution >= 0.6 is 11.6 Å². The number of ether oxygens (including phenoxy) is 1. The topological polar surface area (TPSA) is 119 Å². The maximum absolute atomic E-state index is 12.9. The summed E-state index contributed by atoms with van der Waals surface area (Å²) in [5.74, 6) is 0.162. The average Bonchev–Trinajstić information content (AvgIpc) is 2.93. The minimum Gasteiger partial charge on any atom is -0.495 e. The van der Waals surface area contributed by atoms with Gasteiger partial charge in [-0.05, 0) is 39.0 Å². The summed E-state index contributed by atoms with van der Waals surface area (Å²) in [5.41, 5.74) is 5.20. The minimum atomic E-state index is -3.97. The van der Waals surface area contributed by atoms with Gasteiger partial charge in [0.15, 0.2) is 0 Å². The van der Waals surface area contributed by atoms with Crippen LogP contribution in [-0.4, -0.2) is 61.9 Å². The van der Waals surface area contributed by atoms with Crippen LogP contribution in [0.25, 0.3) is 0 Å². The Morgan fingerprint density at radius 2 is 2.07 bits per heavy atom. The number of methoxy groups -OCH3 is 1. The fourth-order valence-corrected chi connectivity index (χ4v) is 5.60. The first-order valence-electron chi connectivity index (χ1n) is 8.56. The Hall–Kier alpha value is -1.39. The molecule has 1 aromatic carbocycles. The molecule has 1 unspecified atom stereocenters. The van der Waals surface area contributed by atoms with Crippen molar-refractivity contribution >= 4 is 27.7 Å². The number of benzene rings is 1. The van der Waals surface area contributed by atoms with Crippen molar-refractivity contribution in [3.8, 4) is 5.75 Å². The van der Waals surface area contributed by atoms with Crippen LogP contribution in [-0.2, 0) is 10.0 Å². The van der Waals surface area contributed by atoms with E-state index >= 15 is 0 Å². The van der Waals surface area contributed by atoms with E-state index < -0.39 is 33.7 Å². The fourth-order valence-electron chi connectivity index (χ4n) is 3.93.